The number of benzene rings is 1. The van der Waals surface area contributed by atoms with Crippen molar-refractivity contribution in [3.05, 3.63) is 42.0 Å². The van der Waals surface area contributed by atoms with Gasteiger partial charge < -0.3 is 9.80 Å². The third-order valence-corrected chi connectivity index (χ3v) is 5.39. The van der Waals surface area contributed by atoms with Crippen LogP contribution in [-0.2, 0) is 16.1 Å². The van der Waals surface area contributed by atoms with Gasteiger partial charge in [0.2, 0.25) is 11.8 Å². The average molecular weight is 472 g/mol. The molecule has 0 aliphatic rings. The number of hydrogen-bond donors (Lipinski definition) is 0. The van der Waals surface area contributed by atoms with Crippen molar-refractivity contribution in [2.24, 2.45) is 23.7 Å². The summed E-state index contributed by atoms with van der Waals surface area (Å²) in [7, 11) is 0. The van der Waals surface area contributed by atoms with Crippen LogP contribution in [0.2, 0.25) is 0 Å². The predicted molar refractivity (Wildman–Crippen MR) is 144 cm³/mol. The normalized spacial score (nSPS) is 11.7. The molecule has 0 unspecified atom stereocenters. The van der Waals surface area contributed by atoms with Gasteiger partial charge >= 0.3 is 0 Å². The summed E-state index contributed by atoms with van der Waals surface area (Å²) in [6.07, 6.45) is 1.82. The van der Waals surface area contributed by atoms with Gasteiger partial charge in [0, 0.05) is 32.7 Å². The molecule has 0 fully saturated rings. The highest BCUT2D eigenvalue weighted by Crippen LogP contribution is 2.12. The summed E-state index contributed by atoms with van der Waals surface area (Å²) in [4.78, 5) is 32.7. The van der Waals surface area contributed by atoms with Crippen molar-refractivity contribution in [3.8, 4) is 0 Å². The Morgan fingerprint density at radius 1 is 0.706 bits per heavy atom. The maximum Gasteiger partial charge on any atom is 0.236 e. The second-order valence-electron chi connectivity index (χ2n) is 11.3. The van der Waals surface area contributed by atoms with Crippen molar-refractivity contribution in [1.29, 1.82) is 0 Å². The van der Waals surface area contributed by atoms with Gasteiger partial charge in [0.25, 0.3) is 0 Å². The predicted octanol–water partition coefficient (Wildman–Crippen LogP) is 5.41. The minimum Gasteiger partial charge on any atom is -0.341 e. The number of carbonyl (C=O) groups is 2. The lowest BCUT2D eigenvalue weighted by Gasteiger charge is -2.32. The molecule has 2 amide bonds. The molecule has 0 radical (unpaired) electrons. The van der Waals surface area contributed by atoms with E-state index in [9.17, 15) is 9.59 Å². The van der Waals surface area contributed by atoms with E-state index in [1.54, 1.807) is 0 Å². The molecule has 0 N–H and O–H groups in total. The molecular weight excluding hydrogens is 422 g/mol. The topological polar surface area (TPSA) is 43.9 Å². The van der Waals surface area contributed by atoms with Crippen molar-refractivity contribution in [2.75, 3.05) is 39.3 Å². The van der Waals surface area contributed by atoms with Gasteiger partial charge in [0.1, 0.15) is 0 Å². The van der Waals surface area contributed by atoms with Crippen LogP contribution in [0.15, 0.2) is 30.8 Å². The Bertz CT molecular complexity index is 695. The second-order valence-corrected chi connectivity index (χ2v) is 11.3. The summed E-state index contributed by atoms with van der Waals surface area (Å²) < 4.78 is 0. The first-order valence-corrected chi connectivity index (χ1v) is 12.9. The van der Waals surface area contributed by atoms with E-state index in [0.29, 0.717) is 30.2 Å². The van der Waals surface area contributed by atoms with Crippen molar-refractivity contribution in [3.63, 3.8) is 0 Å². The van der Waals surface area contributed by atoms with Crippen molar-refractivity contribution < 1.29 is 9.59 Å². The largest absolute Gasteiger partial charge is 0.341 e. The van der Waals surface area contributed by atoms with E-state index in [4.69, 9.17) is 0 Å². The lowest BCUT2D eigenvalue weighted by Crippen LogP contribution is -2.47. The fourth-order valence-corrected chi connectivity index (χ4v) is 4.09. The van der Waals surface area contributed by atoms with Crippen LogP contribution in [0.1, 0.15) is 66.5 Å². The van der Waals surface area contributed by atoms with Crippen molar-refractivity contribution >= 4 is 17.9 Å². The molecule has 0 bridgehead atoms. The summed E-state index contributed by atoms with van der Waals surface area (Å²) in [5, 5.41) is 0. The van der Waals surface area contributed by atoms with Gasteiger partial charge in [-0.1, -0.05) is 92.3 Å². The highest BCUT2D eigenvalue weighted by atomic mass is 16.2. The van der Waals surface area contributed by atoms with Crippen LogP contribution < -0.4 is 0 Å². The zero-order valence-electron chi connectivity index (χ0n) is 23.0. The molecule has 5 heteroatoms. The van der Waals surface area contributed by atoms with Crippen LogP contribution in [0.4, 0.5) is 0 Å². The van der Waals surface area contributed by atoms with E-state index in [1.807, 2.05) is 32.9 Å². The Morgan fingerprint density at radius 3 is 1.35 bits per heavy atom. The fraction of sp³-hybridized carbons (Fsp3) is 0.655. The fourth-order valence-electron chi connectivity index (χ4n) is 4.09. The van der Waals surface area contributed by atoms with Crippen LogP contribution in [-0.4, -0.2) is 65.8 Å². The molecule has 0 atom stereocenters. The Kier molecular flexibility index (Phi) is 13.2. The van der Waals surface area contributed by atoms with Gasteiger partial charge in [0.15, 0.2) is 0 Å². The molecule has 0 saturated heterocycles. The van der Waals surface area contributed by atoms with Crippen molar-refractivity contribution in [2.45, 2.75) is 61.9 Å². The van der Waals surface area contributed by atoms with Crippen LogP contribution >= 0.6 is 0 Å². The molecule has 34 heavy (non-hydrogen) atoms. The number of hydrogen-bond acceptors (Lipinski definition) is 3. The standard InChI is InChI=1S/C29H49N3O2/c1-10-26-11-13-27(14-12-26)19-30(20-28(33)31(15-22(2)3)16-23(4)5)21-29(34)32(17-24(6)7)18-25(8)9/h10-14,22-25H,1,15-21H2,2-9H3. The molecule has 0 spiro atoms. The average Bonchev–Trinajstić information content (AvgIpc) is 2.71. The Hall–Kier alpha value is -2.14. The molecule has 0 aliphatic carbocycles. The summed E-state index contributed by atoms with van der Waals surface area (Å²) >= 11 is 0. The van der Waals surface area contributed by atoms with E-state index in [0.717, 1.165) is 37.3 Å². The van der Waals surface area contributed by atoms with E-state index < -0.39 is 0 Å². The molecule has 0 aliphatic heterocycles. The van der Waals surface area contributed by atoms with Crippen LogP contribution in [0.3, 0.4) is 0 Å². The highest BCUT2D eigenvalue weighted by Gasteiger charge is 2.24. The van der Waals surface area contributed by atoms with Gasteiger partial charge in [0.05, 0.1) is 13.1 Å². The van der Waals surface area contributed by atoms with Gasteiger partial charge in [-0.05, 0) is 34.8 Å². The number of carbonyl (C=O) groups excluding carboxylic acids is 2. The molecule has 1 aromatic rings. The molecule has 0 aromatic heterocycles. The summed E-state index contributed by atoms with van der Waals surface area (Å²) in [6.45, 7) is 24.9. The lowest BCUT2D eigenvalue weighted by molar-refractivity contribution is -0.137. The molecule has 5 nitrogen and oxygen atoms in total. The molecule has 0 heterocycles. The molecular formula is C29H49N3O2. The van der Waals surface area contributed by atoms with Crippen LogP contribution in [0.5, 0.6) is 0 Å². The number of nitrogens with zero attached hydrogens (tertiary/aromatic N) is 3. The first-order valence-electron chi connectivity index (χ1n) is 12.9. The third-order valence-electron chi connectivity index (χ3n) is 5.39. The van der Waals surface area contributed by atoms with Gasteiger partial charge in [-0.15, -0.1) is 0 Å². The monoisotopic (exact) mass is 471 g/mol. The Balaban J connectivity index is 3.10. The SMILES string of the molecule is C=Cc1ccc(CN(CC(=O)N(CC(C)C)CC(C)C)CC(=O)N(CC(C)C)CC(C)C)cc1. The first-order chi connectivity index (χ1) is 15.9. The van der Waals surface area contributed by atoms with Crippen LogP contribution in [0, 0.1) is 23.7 Å². The zero-order chi connectivity index (χ0) is 25.8. The first kappa shape index (κ1) is 29.9. The van der Waals surface area contributed by atoms with E-state index >= 15 is 0 Å². The number of rotatable bonds is 15. The maximum atomic E-state index is 13.4. The summed E-state index contributed by atoms with van der Waals surface area (Å²) in [6, 6.07) is 8.16. The van der Waals surface area contributed by atoms with E-state index in [2.05, 4.69) is 74.1 Å². The summed E-state index contributed by atoms with van der Waals surface area (Å²) in [5.41, 5.74) is 2.15. The summed E-state index contributed by atoms with van der Waals surface area (Å²) in [5.74, 6) is 1.79. The highest BCUT2D eigenvalue weighted by molar-refractivity contribution is 5.81. The lowest BCUT2D eigenvalue weighted by atomic mass is 10.1. The Labute approximate surface area is 209 Å². The zero-order valence-corrected chi connectivity index (χ0v) is 23.0. The Morgan fingerprint density at radius 2 is 1.06 bits per heavy atom. The van der Waals surface area contributed by atoms with Gasteiger partial charge in [-0.2, -0.15) is 0 Å². The molecule has 192 valence electrons. The number of amides is 2. The van der Waals surface area contributed by atoms with Crippen molar-refractivity contribution in [1.82, 2.24) is 14.7 Å². The second kappa shape index (κ2) is 15.0. The molecule has 0 saturated carbocycles. The molecule has 1 aromatic carbocycles. The smallest absolute Gasteiger partial charge is 0.236 e. The minimum atomic E-state index is 0.0946. The third kappa shape index (κ3) is 11.8. The van der Waals surface area contributed by atoms with Gasteiger partial charge in [-0.3, -0.25) is 14.5 Å². The molecule has 1 rings (SSSR count). The minimum absolute atomic E-state index is 0.0946. The maximum absolute atomic E-state index is 13.4. The quantitative estimate of drug-likeness (QED) is 0.343. The van der Waals surface area contributed by atoms with E-state index in [-0.39, 0.29) is 24.9 Å². The van der Waals surface area contributed by atoms with Gasteiger partial charge in [-0.25, -0.2) is 0 Å². The van der Waals surface area contributed by atoms with E-state index in [1.165, 1.54) is 0 Å². The van der Waals surface area contributed by atoms with Crippen LogP contribution in [0.25, 0.3) is 6.08 Å².